The highest BCUT2D eigenvalue weighted by Gasteiger charge is 2.30. The number of carbonyl (C=O) groups is 2. The molecule has 3 amide bonds. The van der Waals surface area contributed by atoms with Crippen LogP contribution in [0.4, 0.5) is 20.7 Å². The van der Waals surface area contributed by atoms with Gasteiger partial charge in [0.05, 0.1) is 5.69 Å². The number of aromatic nitrogens is 1. The summed E-state index contributed by atoms with van der Waals surface area (Å²) in [5.41, 5.74) is 0.134. The molecule has 4 rings (SSSR count). The van der Waals surface area contributed by atoms with Crippen molar-refractivity contribution in [2.75, 3.05) is 37.8 Å². The van der Waals surface area contributed by atoms with Gasteiger partial charge in [-0.3, -0.25) is 10.1 Å². The summed E-state index contributed by atoms with van der Waals surface area (Å²) < 4.78 is 20.1. The number of ether oxygens (including phenoxy) is 1. The standard InChI is InChI=1S/C23H28FN5O3/c1-28(2)16-8-11-29(12-9-16)23(31)27-21-14-18(7-10-25-21)32-17-5-6-20(19(24)13-17)26-22(30)15-3-4-15/h5-7,10,13-16H,3-4,8-9,11-12H2,1-2H3,(H,26,30)(H,25,27,31). The number of urea groups is 1. The van der Waals surface area contributed by atoms with Crippen LogP contribution in [0.25, 0.3) is 0 Å². The van der Waals surface area contributed by atoms with E-state index in [4.69, 9.17) is 4.74 Å². The van der Waals surface area contributed by atoms with Crippen LogP contribution in [0.3, 0.4) is 0 Å². The van der Waals surface area contributed by atoms with Crippen LogP contribution in [-0.2, 0) is 4.79 Å². The lowest BCUT2D eigenvalue weighted by molar-refractivity contribution is -0.117. The zero-order chi connectivity index (χ0) is 22.7. The van der Waals surface area contributed by atoms with E-state index >= 15 is 0 Å². The average molecular weight is 442 g/mol. The molecule has 2 aromatic rings. The molecule has 0 spiro atoms. The van der Waals surface area contributed by atoms with Gasteiger partial charge in [0.15, 0.2) is 0 Å². The fraction of sp³-hybridized carbons (Fsp3) is 0.435. The Labute approximate surface area is 186 Å². The van der Waals surface area contributed by atoms with E-state index < -0.39 is 5.82 Å². The van der Waals surface area contributed by atoms with Gasteiger partial charge < -0.3 is 19.9 Å². The number of carbonyl (C=O) groups excluding carboxylic acids is 2. The van der Waals surface area contributed by atoms with Gasteiger partial charge in [-0.25, -0.2) is 14.2 Å². The van der Waals surface area contributed by atoms with Crippen LogP contribution in [0.5, 0.6) is 11.5 Å². The first-order valence-corrected chi connectivity index (χ1v) is 10.9. The van der Waals surface area contributed by atoms with E-state index in [1.165, 1.54) is 18.3 Å². The highest BCUT2D eigenvalue weighted by Crippen LogP contribution is 2.32. The largest absolute Gasteiger partial charge is 0.457 e. The smallest absolute Gasteiger partial charge is 0.323 e. The number of amides is 3. The third kappa shape index (κ3) is 5.53. The molecule has 32 heavy (non-hydrogen) atoms. The fourth-order valence-corrected chi connectivity index (χ4v) is 3.69. The molecule has 1 saturated heterocycles. The topological polar surface area (TPSA) is 86.8 Å². The molecule has 1 aromatic carbocycles. The second-order valence-corrected chi connectivity index (χ2v) is 8.50. The van der Waals surface area contributed by atoms with Crippen molar-refractivity contribution in [3.8, 4) is 11.5 Å². The van der Waals surface area contributed by atoms with Gasteiger partial charge in [0.25, 0.3) is 0 Å². The van der Waals surface area contributed by atoms with Crippen LogP contribution in [0.1, 0.15) is 25.7 Å². The van der Waals surface area contributed by atoms with E-state index in [1.807, 2.05) is 0 Å². The minimum Gasteiger partial charge on any atom is -0.457 e. The Balaban J connectivity index is 1.34. The lowest BCUT2D eigenvalue weighted by Gasteiger charge is -2.35. The average Bonchev–Trinajstić information content (AvgIpc) is 3.61. The Morgan fingerprint density at radius 2 is 1.78 bits per heavy atom. The molecule has 2 N–H and O–H groups in total. The first kappa shape index (κ1) is 22.0. The highest BCUT2D eigenvalue weighted by molar-refractivity contribution is 5.94. The molecule has 0 unspecified atom stereocenters. The zero-order valence-corrected chi connectivity index (χ0v) is 18.3. The predicted molar refractivity (Wildman–Crippen MR) is 119 cm³/mol. The maximum atomic E-state index is 14.4. The van der Waals surface area contributed by atoms with Crippen LogP contribution in [0.15, 0.2) is 36.5 Å². The number of rotatable bonds is 6. The molecule has 8 nitrogen and oxygen atoms in total. The van der Waals surface area contributed by atoms with Gasteiger partial charge in [-0.15, -0.1) is 0 Å². The maximum absolute atomic E-state index is 14.4. The highest BCUT2D eigenvalue weighted by atomic mass is 19.1. The monoisotopic (exact) mass is 441 g/mol. The summed E-state index contributed by atoms with van der Waals surface area (Å²) in [7, 11) is 4.11. The Morgan fingerprint density at radius 3 is 2.44 bits per heavy atom. The van der Waals surface area contributed by atoms with Crippen LogP contribution in [0, 0.1) is 11.7 Å². The van der Waals surface area contributed by atoms with Crippen LogP contribution in [-0.4, -0.2) is 59.9 Å². The number of anilines is 2. The maximum Gasteiger partial charge on any atom is 0.323 e. The van der Waals surface area contributed by atoms with Crippen LogP contribution in [0.2, 0.25) is 0 Å². The van der Waals surface area contributed by atoms with E-state index in [1.54, 1.807) is 23.1 Å². The molecule has 9 heteroatoms. The van der Waals surface area contributed by atoms with Crippen molar-refractivity contribution >= 4 is 23.4 Å². The summed E-state index contributed by atoms with van der Waals surface area (Å²) in [6.45, 7) is 1.38. The number of piperidine rings is 1. The van der Waals surface area contributed by atoms with Crippen molar-refractivity contribution in [1.29, 1.82) is 0 Å². The van der Waals surface area contributed by atoms with Gasteiger partial charge in [-0.2, -0.15) is 0 Å². The van der Waals surface area contributed by atoms with E-state index in [0.29, 0.717) is 30.7 Å². The number of halogens is 1. The van der Waals surface area contributed by atoms with Crippen molar-refractivity contribution < 1.29 is 18.7 Å². The normalized spacial score (nSPS) is 16.7. The zero-order valence-electron chi connectivity index (χ0n) is 18.3. The van der Waals surface area contributed by atoms with E-state index in [9.17, 15) is 14.0 Å². The number of hydrogen-bond acceptors (Lipinski definition) is 5. The van der Waals surface area contributed by atoms with Crippen molar-refractivity contribution in [2.24, 2.45) is 5.92 Å². The summed E-state index contributed by atoms with van der Waals surface area (Å²) in [5, 5.41) is 5.40. The molecule has 1 aliphatic heterocycles. The number of pyridine rings is 1. The van der Waals surface area contributed by atoms with Gasteiger partial charge >= 0.3 is 6.03 Å². The molecule has 0 atom stereocenters. The Morgan fingerprint density at radius 1 is 1.06 bits per heavy atom. The fourth-order valence-electron chi connectivity index (χ4n) is 3.69. The molecule has 2 heterocycles. The summed E-state index contributed by atoms with van der Waals surface area (Å²) in [4.78, 5) is 32.5. The second kappa shape index (κ2) is 9.52. The van der Waals surface area contributed by atoms with E-state index in [2.05, 4.69) is 34.6 Å². The molecule has 2 fully saturated rings. The summed E-state index contributed by atoms with van der Waals surface area (Å²) >= 11 is 0. The summed E-state index contributed by atoms with van der Waals surface area (Å²) in [5.74, 6) is 0.321. The van der Waals surface area contributed by atoms with Crippen molar-refractivity contribution in [3.63, 3.8) is 0 Å². The number of nitrogens with one attached hydrogen (secondary N) is 2. The Bertz CT molecular complexity index is 987. The number of nitrogens with zero attached hydrogens (tertiary/aromatic N) is 3. The van der Waals surface area contributed by atoms with Gasteiger partial charge in [-0.1, -0.05) is 0 Å². The van der Waals surface area contributed by atoms with Gasteiger partial charge in [0.1, 0.15) is 23.1 Å². The van der Waals surface area contributed by atoms with E-state index in [0.717, 1.165) is 25.7 Å². The Kier molecular flexibility index (Phi) is 6.55. The predicted octanol–water partition coefficient (Wildman–Crippen LogP) is 3.92. The van der Waals surface area contributed by atoms with E-state index in [-0.39, 0.29) is 29.3 Å². The molecule has 1 aliphatic carbocycles. The molecular formula is C23H28FN5O3. The third-order valence-corrected chi connectivity index (χ3v) is 5.83. The molecule has 1 saturated carbocycles. The number of benzene rings is 1. The van der Waals surface area contributed by atoms with Crippen molar-refractivity contribution in [1.82, 2.24) is 14.8 Å². The molecule has 0 radical (unpaired) electrons. The minimum absolute atomic E-state index is 0.00451. The van der Waals surface area contributed by atoms with Gasteiger partial charge in [0.2, 0.25) is 5.91 Å². The lowest BCUT2D eigenvalue weighted by Crippen LogP contribution is -2.46. The van der Waals surface area contributed by atoms with Gasteiger partial charge in [0, 0.05) is 43.4 Å². The molecule has 2 aliphatic rings. The lowest BCUT2D eigenvalue weighted by atomic mass is 10.0. The number of hydrogen-bond donors (Lipinski definition) is 2. The first-order chi connectivity index (χ1) is 15.4. The van der Waals surface area contributed by atoms with Crippen molar-refractivity contribution in [3.05, 3.63) is 42.3 Å². The molecular weight excluding hydrogens is 413 g/mol. The quantitative estimate of drug-likeness (QED) is 0.710. The SMILES string of the molecule is CN(C)C1CCN(C(=O)Nc2cc(Oc3ccc(NC(=O)C4CC4)c(F)c3)ccn2)CC1. The molecule has 170 valence electrons. The van der Waals surface area contributed by atoms with Crippen LogP contribution < -0.4 is 15.4 Å². The second-order valence-electron chi connectivity index (χ2n) is 8.50. The van der Waals surface area contributed by atoms with Crippen LogP contribution >= 0.6 is 0 Å². The minimum atomic E-state index is -0.569. The number of likely N-dealkylation sites (tertiary alicyclic amines) is 1. The van der Waals surface area contributed by atoms with Crippen molar-refractivity contribution in [2.45, 2.75) is 31.7 Å². The summed E-state index contributed by atoms with van der Waals surface area (Å²) in [6, 6.07) is 7.78. The van der Waals surface area contributed by atoms with Gasteiger partial charge in [-0.05, 0) is 58.0 Å². The summed E-state index contributed by atoms with van der Waals surface area (Å²) in [6.07, 6.45) is 5.08. The Hall–Kier alpha value is -3.20. The third-order valence-electron chi connectivity index (χ3n) is 5.83. The molecule has 1 aromatic heterocycles. The molecule has 0 bridgehead atoms. The first-order valence-electron chi connectivity index (χ1n) is 10.9.